The minimum Gasteiger partial charge on any atom is -0.394 e. The highest BCUT2D eigenvalue weighted by molar-refractivity contribution is 4.93. The number of aromatic amines is 1. The Morgan fingerprint density at radius 2 is 2.18 bits per heavy atom. The molecule has 1 aromatic heterocycles. The average molecular weight is 318 g/mol. The summed E-state index contributed by atoms with van der Waals surface area (Å²) in [7, 11) is 1.49. The van der Waals surface area contributed by atoms with Gasteiger partial charge in [-0.2, -0.15) is 0 Å². The Kier molecular flexibility index (Phi) is 5.83. The van der Waals surface area contributed by atoms with Crippen LogP contribution in [0.15, 0.2) is 21.9 Å². The van der Waals surface area contributed by atoms with E-state index >= 15 is 0 Å². The molecule has 0 unspecified atom stereocenters. The first-order valence-corrected chi connectivity index (χ1v) is 6.61. The summed E-state index contributed by atoms with van der Waals surface area (Å²) in [5.41, 5.74) is -1.29. The smallest absolute Gasteiger partial charge is 0.330 e. The fraction of sp³-hybridized carbons (Fsp3) is 0.667. The van der Waals surface area contributed by atoms with Crippen molar-refractivity contribution in [1.29, 1.82) is 0 Å². The van der Waals surface area contributed by atoms with Crippen LogP contribution in [0.3, 0.4) is 0 Å². The Morgan fingerprint density at radius 3 is 2.82 bits per heavy atom. The molecule has 1 aliphatic heterocycles. The van der Waals surface area contributed by atoms with E-state index in [0.29, 0.717) is 0 Å². The van der Waals surface area contributed by atoms with Gasteiger partial charge in [0.25, 0.3) is 5.56 Å². The molecule has 10 heteroatoms. The van der Waals surface area contributed by atoms with Crippen LogP contribution in [0.5, 0.6) is 0 Å². The third kappa shape index (κ3) is 3.61. The second-order valence-electron chi connectivity index (χ2n) is 4.63. The fourth-order valence-electron chi connectivity index (χ4n) is 2.07. The summed E-state index contributed by atoms with van der Waals surface area (Å²) in [6.45, 7) is -0.0825. The molecular formula is C12H18N2O8. The number of nitrogens with zero attached hydrogens (tertiary/aromatic N) is 1. The number of aromatic nitrogens is 2. The Labute approximate surface area is 124 Å². The molecule has 22 heavy (non-hydrogen) atoms. The number of H-pyrrole nitrogens is 1. The van der Waals surface area contributed by atoms with E-state index in [9.17, 15) is 19.8 Å². The second kappa shape index (κ2) is 7.63. The molecule has 0 saturated carbocycles. The predicted molar refractivity (Wildman–Crippen MR) is 71.0 cm³/mol. The standard InChI is InChI=1S/C12H18N2O8/c1-19-4-5-20-22-10-9(17)7(6-15)21-11(10)14-3-2-8(16)13-12(14)18/h2-3,7,9-11,15,17H,4-6H2,1H3,(H,13,16,18)/t7-,9-,10-,11-/m1/s1. The van der Waals surface area contributed by atoms with Crippen molar-refractivity contribution in [3.63, 3.8) is 0 Å². The van der Waals surface area contributed by atoms with Crippen LogP contribution in [0.4, 0.5) is 0 Å². The van der Waals surface area contributed by atoms with Gasteiger partial charge in [-0.1, -0.05) is 0 Å². The van der Waals surface area contributed by atoms with Crippen molar-refractivity contribution >= 4 is 0 Å². The highest BCUT2D eigenvalue weighted by atomic mass is 17.2. The number of rotatable bonds is 7. The summed E-state index contributed by atoms with van der Waals surface area (Å²) in [5, 5.41) is 19.3. The molecule has 0 aromatic carbocycles. The van der Waals surface area contributed by atoms with E-state index in [4.69, 9.17) is 19.2 Å². The second-order valence-corrected chi connectivity index (χ2v) is 4.63. The molecule has 0 radical (unpaired) electrons. The van der Waals surface area contributed by atoms with Crippen LogP contribution in [0, 0.1) is 0 Å². The molecule has 3 N–H and O–H groups in total. The Morgan fingerprint density at radius 1 is 1.41 bits per heavy atom. The molecule has 1 aromatic rings. The number of aliphatic hydroxyl groups excluding tert-OH is 2. The maximum Gasteiger partial charge on any atom is 0.330 e. The van der Waals surface area contributed by atoms with Gasteiger partial charge in [0.15, 0.2) is 12.3 Å². The molecule has 0 aliphatic carbocycles. The summed E-state index contributed by atoms with van der Waals surface area (Å²) in [6.07, 6.45) is -3.06. The molecule has 2 rings (SSSR count). The van der Waals surface area contributed by atoms with Crippen molar-refractivity contribution in [2.24, 2.45) is 0 Å². The maximum atomic E-state index is 11.8. The van der Waals surface area contributed by atoms with Crippen molar-refractivity contribution in [3.8, 4) is 0 Å². The zero-order valence-electron chi connectivity index (χ0n) is 11.9. The number of hydrogen-bond donors (Lipinski definition) is 3. The number of methoxy groups -OCH3 is 1. The van der Waals surface area contributed by atoms with Crippen LogP contribution < -0.4 is 11.2 Å². The lowest BCUT2D eigenvalue weighted by molar-refractivity contribution is -0.347. The third-order valence-corrected chi connectivity index (χ3v) is 3.17. The summed E-state index contributed by atoms with van der Waals surface area (Å²) >= 11 is 0. The molecule has 124 valence electrons. The molecule has 0 bridgehead atoms. The molecule has 1 aliphatic rings. The van der Waals surface area contributed by atoms with Crippen LogP contribution in [0.1, 0.15) is 6.23 Å². The summed E-state index contributed by atoms with van der Waals surface area (Å²) in [6, 6.07) is 1.13. The molecule has 0 amide bonds. The van der Waals surface area contributed by atoms with Crippen molar-refractivity contribution in [2.45, 2.75) is 24.5 Å². The summed E-state index contributed by atoms with van der Waals surface area (Å²) in [5.74, 6) is 0. The van der Waals surface area contributed by atoms with Gasteiger partial charge in [0.2, 0.25) is 0 Å². The highest BCUT2D eigenvalue weighted by Gasteiger charge is 2.46. The van der Waals surface area contributed by atoms with Gasteiger partial charge in [-0.15, -0.1) is 0 Å². The SMILES string of the molecule is COCCOO[C@@H]1[C@H](O)[C@@H](CO)O[C@H]1n1ccc(=O)[nH]c1=O. The van der Waals surface area contributed by atoms with E-state index in [0.717, 1.165) is 10.6 Å². The quantitative estimate of drug-likeness (QED) is 0.292. The zero-order chi connectivity index (χ0) is 16.1. The predicted octanol–water partition coefficient (Wildman–Crippen LogP) is -2.25. The van der Waals surface area contributed by atoms with Crippen LogP contribution in [-0.2, 0) is 19.2 Å². The number of aliphatic hydroxyl groups is 2. The molecule has 10 nitrogen and oxygen atoms in total. The van der Waals surface area contributed by atoms with E-state index in [2.05, 4.69) is 4.98 Å². The monoisotopic (exact) mass is 318 g/mol. The van der Waals surface area contributed by atoms with Gasteiger partial charge < -0.3 is 19.7 Å². The molecule has 4 atom stereocenters. The van der Waals surface area contributed by atoms with Gasteiger partial charge in [0, 0.05) is 19.4 Å². The topological polar surface area (TPSA) is 132 Å². The van der Waals surface area contributed by atoms with Crippen molar-refractivity contribution < 1.29 is 29.5 Å². The molecular weight excluding hydrogens is 300 g/mol. The third-order valence-electron chi connectivity index (χ3n) is 3.17. The zero-order valence-corrected chi connectivity index (χ0v) is 11.9. The first kappa shape index (κ1) is 16.8. The van der Waals surface area contributed by atoms with Crippen molar-refractivity contribution in [3.05, 3.63) is 33.1 Å². The normalized spacial score (nSPS) is 28.1. The van der Waals surface area contributed by atoms with E-state index in [1.807, 2.05) is 0 Å². The van der Waals surface area contributed by atoms with E-state index in [1.54, 1.807) is 0 Å². The molecule has 0 spiro atoms. The number of nitrogens with one attached hydrogen (secondary N) is 1. The van der Waals surface area contributed by atoms with Crippen molar-refractivity contribution in [2.75, 3.05) is 26.9 Å². The Hall–Kier alpha value is -1.56. The lowest BCUT2D eigenvalue weighted by atomic mass is 10.1. The first-order valence-electron chi connectivity index (χ1n) is 6.61. The van der Waals surface area contributed by atoms with Crippen molar-refractivity contribution in [1.82, 2.24) is 9.55 Å². The molecule has 2 heterocycles. The first-order chi connectivity index (χ1) is 10.6. The van der Waals surface area contributed by atoms with Gasteiger partial charge in [-0.25, -0.2) is 14.6 Å². The lowest BCUT2D eigenvalue weighted by Crippen LogP contribution is -2.39. The van der Waals surface area contributed by atoms with Gasteiger partial charge in [0.05, 0.1) is 13.2 Å². The number of ether oxygens (including phenoxy) is 2. The lowest BCUT2D eigenvalue weighted by Gasteiger charge is -2.20. The van der Waals surface area contributed by atoms with E-state index in [1.165, 1.54) is 13.3 Å². The van der Waals surface area contributed by atoms with Gasteiger partial charge in [0.1, 0.15) is 18.8 Å². The van der Waals surface area contributed by atoms with Crippen LogP contribution in [-0.4, -0.2) is 65.0 Å². The minimum atomic E-state index is -1.21. The van der Waals surface area contributed by atoms with Crippen LogP contribution >= 0.6 is 0 Å². The summed E-state index contributed by atoms with van der Waals surface area (Å²) < 4.78 is 11.2. The Bertz CT molecular complexity index is 585. The van der Waals surface area contributed by atoms with Gasteiger partial charge in [-0.3, -0.25) is 14.3 Å². The summed E-state index contributed by atoms with van der Waals surface area (Å²) in [4.78, 5) is 35.0. The van der Waals surface area contributed by atoms with E-state index in [-0.39, 0.29) is 13.2 Å². The van der Waals surface area contributed by atoms with Gasteiger partial charge in [-0.05, 0) is 0 Å². The Balaban J connectivity index is 2.18. The van der Waals surface area contributed by atoms with Gasteiger partial charge >= 0.3 is 5.69 Å². The molecule has 1 fully saturated rings. The minimum absolute atomic E-state index is 0.108. The van der Waals surface area contributed by atoms with Crippen LogP contribution in [0.25, 0.3) is 0 Å². The average Bonchev–Trinajstić information content (AvgIpc) is 2.80. The van der Waals surface area contributed by atoms with Crippen LogP contribution in [0.2, 0.25) is 0 Å². The number of hydrogen-bond acceptors (Lipinski definition) is 8. The molecule has 1 saturated heterocycles. The van der Waals surface area contributed by atoms with E-state index < -0.39 is 42.4 Å². The fourth-order valence-corrected chi connectivity index (χ4v) is 2.07. The maximum absolute atomic E-state index is 11.8. The largest absolute Gasteiger partial charge is 0.394 e. The highest BCUT2D eigenvalue weighted by Crippen LogP contribution is 2.30.